The highest BCUT2D eigenvalue weighted by Crippen LogP contribution is 2.21. The molecule has 0 saturated heterocycles. The van der Waals surface area contributed by atoms with E-state index in [0.29, 0.717) is 31.7 Å². The van der Waals surface area contributed by atoms with Crippen molar-refractivity contribution in [3.63, 3.8) is 0 Å². The number of hydrogen-bond acceptors (Lipinski definition) is 9. The fraction of sp³-hybridized carbons (Fsp3) is 0.300. The largest absolute Gasteiger partial charge is 0.481 e. The fourth-order valence-corrected chi connectivity index (χ4v) is 4.69. The number of carbonyl (C=O) groups is 2. The summed E-state index contributed by atoms with van der Waals surface area (Å²) in [5, 5.41) is 38.7. The molecule has 0 heterocycles. The number of nitrogens with zero attached hydrogens (tertiary/aromatic N) is 1. The minimum atomic E-state index is -3.44. The van der Waals surface area contributed by atoms with E-state index in [1.807, 2.05) is 66.5 Å². The predicted molar refractivity (Wildman–Crippen MR) is 168 cm³/mol. The zero-order chi connectivity index (χ0) is 32.4. The number of hydrogen-bond donors (Lipinski definition) is 7. The van der Waals surface area contributed by atoms with Crippen molar-refractivity contribution in [1.82, 2.24) is 10.2 Å². The summed E-state index contributed by atoms with van der Waals surface area (Å²) in [4.78, 5) is 20.2. The molecule has 1 unspecified atom stereocenters. The van der Waals surface area contributed by atoms with Crippen LogP contribution in [0.4, 0.5) is 5.69 Å². The third-order valence-electron chi connectivity index (χ3n) is 5.54. The van der Waals surface area contributed by atoms with Crippen LogP contribution in [0.25, 0.3) is 11.1 Å². The number of carboxylic acids is 2. The molecule has 0 bridgehead atoms. The third-order valence-corrected chi connectivity index (χ3v) is 7.12. The van der Waals surface area contributed by atoms with Crippen molar-refractivity contribution in [3.05, 3.63) is 84.4 Å². The molecule has 1 atom stereocenters. The van der Waals surface area contributed by atoms with Gasteiger partial charge < -0.3 is 36.6 Å². The van der Waals surface area contributed by atoms with Crippen LogP contribution in [0.2, 0.25) is 0 Å². The Bertz CT molecular complexity index is 1360. The number of carboxylic acid groups (broad SMARTS) is 2. The molecule has 0 fully saturated rings. The summed E-state index contributed by atoms with van der Waals surface area (Å²) in [5.74, 6) is -1.80. The molecule has 0 aliphatic rings. The first kappa shape index (κ1) is 36.7. The van der Waals surface area contributed by atoms with Gasteiger partial charge in [-0.2, -0.15) is 0 Å². The summed E-state index contributed by atoms with van der Waals surface area (Å²) < 4.78 is 25.3. The van der Waals surface area contributed by atoms with Crippen molar-refractivity contribution in [3.8, 4) is 11.1 Å². The lowest BCUT2D eigenvalue weighted by Crippen LogP contribution is -2.38. The summed E-state index contributed by atoms with van der Waals surface area (Å²) in [5.41, 5.74) is 8.94. The number of rotatable bonds is 13. The Morgan fingerprint density at radius 3 is 1.93 bits per heavy atom. The lowest BCUT2D eigenvalue weighted by atomic mass is 10.1. The third kappa shape index (κ3) is 16.1. The number of aliphatic carboxylic acids is 2. The number of nitrogens with two attached hydrogens (primary N) is 1. The zero-order valence-electron chi connectivity index (χ0n) is 24.5. The Balaban J connectivity index is 0.00000103. The van der Waals surface area contributed by atoms with Crippen molar-refractivity contribution in [1.29, 1.82) is 5.41 Å². The average Bonchev–Trinajstić information content (AvgIpc) is 2.94. The highest BCUT2D eigenvalue weighted by molar-refractivity contribution is 7.91. The standard InChI is InChI=1S/C26H33N5O3S.2C2H4O2/c1-31(18-24(32)17-30-23-11-7-22(8-12-23)26(27)28)16-15-29-19-35(33,34)25-13-9-21(10-14-25)20-5-3-2-4-6-20;2*1-2(3)4/h2-14,24,29-30,32H,15-19H2,1H3,(H3,27,28);2*1H3,(H,3,4). The Hall–Kier alpha value is -4.30. The van der Waals surface area contributed by atoms with Crippen molar-refractivity contribution in [2.75, 3.05) is 44.4 Å². The Labute approximate surface area is 252 Å². The molecule has 43 heavy (non-hydrogen) atoms. The fourth-order valence-electron chi connectivity index (χ4n) is 3.56. The first-order chi connectivity index (χ1) is 20.2. The molecule has 0 radical (unpaired) electrons. The van der Waals surface area contributed by atoms with E-state index in [4.69, 9.17) is 30.9 Å². The minimum Gasteiger partial charge on any atom is -0.481 e. The van der Waals surface area contributed by atoms with Gasteiger partial charge in [-0.25, -0.2) is 8.42 Å². The number of likely N-dealkylation sites (N-methyl/N-ethyl adjacent to an activating group) is 1. The number of aliphatic hydroxyl groups is 1. The number of anilines is 1. The van der Waals surface area contributed by atoms with Crippen molar-refractivity contribution < 1.29 is 33.3 Å². The second-order valence-electron chi connectivity index (χ2n) is 9.48. The number of benzene rings is 3. The lowest BCUT2D eigenvalue weighted by molar-refractivity contribution is -0.135. The molecule has 12 nitrogen and oxygen atoms in total. The number of sulfone groups is 1. The minimum absolute atomic E-state index is 0.0144. The molecular weight excluding hydrogens is 574 g/mol. The van der Waals surface area contributed by atoms with E-state index in [2.05, 4.69) is 10.6 Å². The molecule has 0 aliphatic carbocycles. The zero-order valence-corrected chi connectivity index (χ0v) is 25.3. The molecule has 0 aromatic heterocycles. The van der Waals surface area contributed by atoms with E-state index in [0.717, 1.165) is 30.7 Å². The van der Waals surface area contributed by atoms with Crippen LogP contribution in [0.5, 0.6) is 0 Å². The van der Waals surface area contributed by atoms with Gasteiger partial charge in [0, 0.05) is 51.3 Å². The molecular formula is C30H41N5O7S. The van der Waals surface area contributed by atoms with Gasteiger partial charge >= 0.3 is 0 Å². The van der Waals surface area contributed by atoms with Gasteiger partial charge in [0.15, 0.2) is 9.84 Å². The van der Waals surface area contributed by atoms with Crippen molar-refractivity contribution in [2.24, 2.45) is 5.73 Å². The normalized spacial score (nSPS) is 11.3. The van der Waals surface area contributed by atoms with Crippen LogP contribution in [0.1, 0.15) is 19.4 Å². The van der Waals surface area contributed by atoms with Gasteiger partial charge in [0.1, 0.15) is 11.7 Å². The van der Waals surface area contributed by atoms with Gasteiger partial charge in [0.2, 0.25) is 0 Å². The molecule has 0 spiro atoms. The molecule has 3 aromatic rings. The van der Waals surface area contributed by atoms with E-state index in [9.17, 15) is 13.5 Å². The van der Waals surface area contributed by atoms with E-state index in [-0.39, 0.29) is 16.6 Å². The molecule has 0 saturated carbocycles. The van der Waals surface area contributed by atoms with Crippen LogP contribution >= 0.6 is 0 Å². The summed E-state index contributed by atoms with van der Waals surface area (Å²) in [7, 11) is -1.56. The van der Waals surface area contributed by atoms with Crippen LogP contribution in [-0.4, -0.2) is 91.6 Å². The van der Waals surface area contributed by atoms with E-state index in [1.54, 1.807) is 24.3 Å². The van der Waals surface area contributed by atoms with E-state index >= 15 is 0 Å². The Morgan fingerprint density at radius 2 is 1.42 bits per heavy atom. The van der Waals surface area contributed by atoms with Crippen LogP contribution < -0.4 is 16.4 Å². The highest BCUT2D eigenvalue weighted by atomic mass is 32.2. The number of aliphatic hydroxyl groups excluding tert-OH is 1. The molecule has 8 N–H and O–H groups in total. The summed E-state index contributed by atoms with van der Waals surface area (Å²) in [6.07, 6.45) is -0.598. The number of nitrogen functional groups attached to an aromatic ring is 1. The molecule has 3 rings (SSSR count). The van der Waals surface area contributed by atoms with Crippen molar-refractivity contribution >= 4 is 33.3 Å². The quantitative estimate of drug-likeness (QED) is 0.0845. The summed E-state index contributed by atoms with van der Waals surface area (Å²) in [6, 6.07) is 23.9. The van der Waals surface area contributed by atoms with Crippen LogP contribution in [0.3, 0.4) is 0 Å². The van der Waals surface area contributed by atoms with Gasteiger partial charge in [-0.15, -0.1) is 0 Å². The van der Waals surface area contributed by atoms with E-state index in [1.165, 1.54) is 0 Å². The Kier molecular flexibility index (Phi) is 16.2. The average molecular weight is 616 g/mol. The second kappa shape index (κ2) is 19.0. The molecule has 234 valence electrons. The Morgan fingerprint density at radius 1 is 0.907 bits per heavy atom. The predicted octanol–water partition coefficient (Wildman–Crippen LogP) is 2.55. The maximum atomic E-state index is 12.6. The second-order valence-corrected chi connectivity index (χ2v) is 11.5. The smallest absolute Gasteiger partial charge is 0.300 e. The van der Waals surface area contributed by atoms with Gasteiger partial charge in [0.05, 0.1) is 11.0 Å². The van der Waals surface area contributed by atoms with Gasteiger partial charge in [-0.3, -0.25) is 15.0 Å². The number of nitrogens with one attached hydrogen (secondary N) is 3. The molecule has 0 amide bonds. The SMILES string of the molecule is CC(=O)O.CC(=O)O.CN(CCNCS(=O)(=O)c1ccc(-c2ccccc2)cc1)CC(O)CNc1ccc(C(=N)N)cc1. The lowest BCUT2D eigenvalue weighted by Gasteiger charge is -2.21. The number of amidine groups is 1. The summed E-state index contributed by atoms with van der Waals surface area (Å²) in [6.45, 7) is 4.04. The monoisotopic (exact) mass is 615 g/mol. The molecule has 0 aliphatic heterocycles. The topological polar surface area (TPSA) is 206 Å². The van der Waals surface area contributed by atoms with E-state index < -0.39 is 27.9 Å². The highest BCUT2D eigenvalue weighted by Gasteiger charge is 2.14. The molecule has 3 aromatic carbocycles. The van der Waals surface area contributed by atoms with Gasteiger partial charge in [-0.1, -0.05) is 42.5 Å². The van der Waals surface area contributed by atoms with Crippen LogP contribution in [0.15, 0.2) is 83.8 Å². The first-order valence-corrected chi connectivity index (χ1v) is 14.9. The maximum Gasteiger partial charge on any atom is 0.300 e. The molecule has 13 heteroatoms. The van der Waals surface area contributed by atoms with Gasteiger partial charge in [0.25, 0.3) is 11.9 Å². The van der Waals surface area contributed by atoms with Crippen molar-refractivity contribution in [2.45, 2.75) is 24.8 Å². The van der Waals surface area contributed by atoms with Crippen LogP contribution in [0, 0.1) is 5.41 Å². The van der Waals surface area contributed by atoms with Crippen LogP contribution in [-0.2, 0) is 19.4 Å². The first-order valence-electron chi connectivity index (χ1n) is 13.2. The maximum absolute atomic E-state index is 12.6. The van der Waals surface area contributed by atoms with Gasteiger partial charge in [-0.05, 0) is 54.6 Å². The summed E-state index contributed by atoms with van der Waals surface area (Å²) >= 11 is 0.